The zero-order valence-electron chi connectivity index (χ0n) is 8.09. The molecule has 1 heterocycles. The average Bonchev–Trinajstić information content (AvgIpc) is 2.19. The maximum Gasteiger partial charge on any atom is 0.239 e. The Balaban J connectivity index is 2.60. The monoisotopic (exact) mass is 232 g/mol. The summed E-state index contributed by atoms with van der Waals surface area (Å²) in [7, 11) is 0. The van der Waals surface area contributed by atoms with E-state index in [-0.39, 0.29) is 18.0 Å². The van der Waals surface area contributed by atoms with E-state index in [0.717, 1.165) is 12.1 Å². The van der Waals surface area contributed by atoms with E-state index in [1.54, 1.807) is 0 Å². The summed E-state index contributed by atoms with van der Waals surface area (Å²) in [6, 6.07) is 2.14. The van der Waals surface area contributed by atoms with E-state index in [4.69, 9.17) is 0 Å². The Kier molecular flexibility index (Phi) is 4.48. The van der Waals surface area contributed by atoms with Gasteiger partial charge >= 0.3 is 0 Å². The third-order valence-electron chi connectivity index (χ3n) is 1.62. The molecule has 0 unspecified atom stereocenters. The second-order valence-electron chi connectivity index (χ2n) is 2.76. The summed E-state index contributed by atoms with van der Waals surface area (Å²) in [5.74, 6) is -1.57. The number of aromatic nitrogens is 1. The van der Waals surface area contributed by atoms with E-state index < -0.39 is 11.9 Å². The summed E-state index contributed by atoms with van der Waals surface area (Å²) in [6.07, 6.45) is 2.16. The Morgan fingerprint density at radius 3 is 2.87 bits per heavy atom. The number of pyridine rings is 1. The predicted molar refractivity (Wildman–Crippen MR) is 55.8 cm³/mol. The minimum atomic E-state index is -1.01. The van der Waals surface area contributed by atoms with Crippen molar-refractivity contribution in [1.29, 1.82) is 0 Å². The van der Waals surface area contributed by atoms with Gasteiger partial charge in [-0.05, 0) is 18.4 Å². The minimum absolute atomic E-state index is 0.0949. The summed E-state index contributed by atoms with van der Waals surface area (Å²) >= 11 is 1.52. The van der Waals surface area contributed by atoms with Crippen LogP contribution < -0.4 is 5.32 Å². The molecule has 82 valence electrons. The van der Waals surface area contributed by atoms with Gasteiger partial charge in [-0.15, -0.1) is 0 Å². The maximum atomic E-state index is 13.0. The highest BCUT2D eigenvalue weighted by Gasteiger charge is 2.08. The SMILES string of the molecule is CSCCC(=O)Nc1ccc(F)nc1F. The van der Waals surface area contributed by atoms with Crippen molar-refractivity contribution < 1.29 is 13.6 Å². The van der Waals surface area contributed by atoms with Gasteiger partial charge in [-0.1, -0.05) is 0 Å². The van der Waals surface area contributed by atoms with Crippen LogP contribution in [0.5, 0.6) is 0 Å². The lowest BCUT2D eigenvalue weighted by Gasteiger charge is -2.04. The van der Waals surface area contributed by atoms with Crippen molar-refractivity contribution in [2.24, 2.45) is 0 Å². The molecule has 1 amide bonds. The normalized spacial score (nSPS) is 10.1. The number of hydrogen-bond acceptors (Lipinski definition) is 3. The third kappa shape index (κ3) is 3.83. The smallest absolute Gasteiger partial charge is 0.239 e. The number of thioether (sulfide) groups is 1. The van der Waals surface area contributed by atoms with E-state index >= 15 is 0 Å². The van der Waals surface area contributed by atoms with Gasteiger partial charge in [0.1, 0.15) is 0 Å². The standard InChI is InChI=1S/C9H10F2N2OS/c1-15-5-4-8(14)12-6-2-3-7(10)13-9(6)11/h2-3H,4-5H2,1H3,(H,12,14). The van der Waals surface area contributed by atoms with Crippen molar-refractivity contribution in [3.8, 4) is 0 Å². The largest absolute Gasteiger partial charge is 0.322 e. The molecule has 1 aromatic rings. The lowest BCUT2D eigenvalue weighted by Crippen LogP contribution is -2.14. The average molecular weight is 232 g/mol. The molecular formula is C9H10F2N2OS. The van der Waals surface area contributed by atoms with E-state index in [2.05, 4.69) is 10.3 Å². The van der Waals surface area contributed by atoms with Crippen molar-refractivity contribution in [3.05, 3.63) is 24.0 Å². The molecule has 0 atom stereocenters. The molecular weight excluding hydrogens is 222 g/mol. The van der Waals surface area contributed by atoms with Crippen molar-refractivity contribution in [2.45, 2.75) is 6.42 Å². The molecule has 0 aliphatic rings. The van der Waals surface area contributed by atoms with Gasteiger partial charge in [0.05, 0.1) is 5.69 Å². The lowest BCUT2D eigenvalue weighted by atomic mass is 10.3. The Bertz CT molecular complexity index is 360. The summed E-state index contributed by atoms with van der Waals surface area (Å²) in [5, 5.41) is 2.32. The van der Waals surface area contributed by atoms with Gasteiger partial charge in [0.2, 0.25) is 17.8 Å². The van der Waals surface area contributed by atoms with Crippen molar-refractivity contribution in [3.63, 3.8) is 0 Å². The molecule has 0 fully saturated rings. The highest BCUT2D eigenvalue weighted by atomic mass is 32.2. The van der Waals surface area contributed by atoms with Gasteiger partial charge in [-0.2, -0.15) is 25.5 Å². The van der Waals surface area contributed by atoms with Crippen LogP contribution in [0, 0.1) is 11.9 Å². The maximum absolute atomic E-state index is 13.0. The number of hydrogen-bond donors (Lipinski definition) is 1. The number of halogens is 2. The molecule has 0 saturated heterocycles. The molecule has 0 spiro atoms. The lowest BCUT2D eigenvalue weighted by molar-refractivity contribution is -0.115. The Hall–Kier alpha value is -1.17. The van der Waals surface area contributed by atoms with Crippen molar-refractivity contribution >= 4 is 23.4 Å². The summed E-state index contributed by atoms with van der Waals surface area (Å²) in [5.41, 5.74) is -0.0949. The van der Waals surface area contributed by atoms with Gasteiger partial charge in [-0.3, -0.25) is 4.79 Å². The molecule has 3 nitrogen and oxygen atoms in total. The van der Waals surface area contributed by atoms with Gasteiger partial charge in [0, 0.05) is 12.2 Å². The Labute approximate surface area is 90.3 Å². The summed E-state index contributed by atoms with van der Waals surface area (Å²) in [4.78, 5) is 14.1. The molecule has 15 heavy (non-hydrogen) atoms. The Morgan fingerprint density at radius 2 is 2.27 bits per heavy atom. The molecule has 6 heteroatoms. The number of anilines is 1. The molecule has 0 radical (unpaired) electrons. The van der Waals surface area contributed by atoms with Crippen molar-refractivity contribution in [2.75, 3.05) is 17.3 Å². The summed E-state index contributed by atoms with van der Waals surface area (Å²) in [6.45, 7) is 0. The van der Waals surface area contributed by atoms with Crippen LogP contribution in [-0.4, -0.2) is 22.9 Å². The molecule has 1 N–H and O–H groups in total. The molecule has 0 aliphatic carbocycles. The first-order chi connectivity index (χ1) is 7.13. The minimum Gasteiger partial charge on any atom is -0.322 e. The number of nitrogens with zero attached hydrogens (tertiary/aromatic N) is 1. The molecule has 0 aliphatic heterocycles. The fourth-order valence-electron chi connectivity index (χ4n) is 0.913. The van der Waals surface area contributed by atoms with Crippen LogP contribution in [0.15, 0.2) is 12.1 Å². The fourth-order valence-corrected chi connectivity index (χ4v) is 1.30. The zero-order chi connectivity index (χ0) is 11.3. The van der Waals surface area contributed by atoms with E-state index in [1.807, 2.05) is 6.26 Å². The van der Waals surface area contributed by atoms with Gasteiger partial charge in [0.15, 0.2) is 0 Å². The number of carbonyl (C=O) groups is 1. The van der Waals surface area contributed by atoms with Crippen LogP contribution in [0.1, 0.15) is 6.42 Å². The van der Waals surface area contributed by atoms with Gasteiger partial charge < -0.3 is 5.32 Å². The molecule has 0 aromatic carbocycles. The van der Waals surface area contributed by atoms with Gasteiger partial charge in [0.25, 0.3) is 0 Å². The second-order valence-corrected chi connectivity index (χ2v) is 3.75. The van der Waals surface area contributed by atoms with E-state index in [0.29, 0.717) is 5.75 Å². The Morgan fingerprint density at radius 1 is 1.53 bits per heavy atom. The highest BCUT2D eigenvalue weighted by Crippen LogP contribution is 2.12. The first-order valence-corrected chi connectivity index (χ1v) is 5.63. The molecule has 0 saturated carbocycles. The predicted octanol–water partition coefficient (Wildman–Crippen LogP) is 2.05. The summed E-state index contributed by atoms with van der Waals surface area (Å²) < 4.78 is 25.4. The zero-order valence-corrected chi connectivity index (χ0v) is 8.91. The molecule has 1 rings (SSSR count). The van der Waals surface area contributed by atoms with E-state index in [1.165, 1.54) is 11.8 Å². The van der Waals surface area contributed by atoms with Crippen LogP contribution in [0.3, 0.4) is 0 Å². The first-order valence-electron chi connectivity index (χ1n) is 4.24. The third-order valence-corrected chi connectivity index (χ3v) is 2.23. The second kappa shape index (κ2) is 5.65. The topological polar surface area (TPSA) is 42.0 Å². The van der Waals surface area contributed by atoms with Crippen LogP contribution in [0.4, 0.5) is 14.5 Å². The van der Waals surface area contributed by atoms with E-state index in [9.17, 15) is 13.6 Å². The number of rotatable bonds is 4. The number of amides is 1. The van der Waals surface area contributed by atoms with Crippen LogP contribution >= 0.6 is 11.8 Å². The first kappa shape index (κ1) is 11.9. The van der Waals surface area contributed by atoms with Crippen LogP contribution in [-0.2, 0) is 4.79 Å². The fraction of sp³-hybridized carbons (Fsp3) is 0.333. The van der Waals surface area contributed by atoms with Crippen molar-refractivity contribution in [1.82, 2.24) is 4.98 Å². The van der Waals surface area contributed by atoms with Crippen LogP contribution in [0.2, 0.25) is 0 Å². The van der Waals surface area contributed by atoms with Crippen LogP contribution in [0.25, 0.3) is 0 Å². The molecule has 0 bridgehead atoms. The highest BCUT2D eigenvalue weighted by molar-refractivity contribution is 7.98. The molecule has 1 aromatic heterocycles. The number of carbonyl (C=O) groups excluding carboxylic acids is 1. The van der Waals surface area contributed by atoms with Gasteiger partial charge in [-0.25, -0.2) is 0 Å². The number of nitrogens with one attached hydrogen (secondary N) is 1. The quantitative estimate of drug-likeness (QED) is 0.808.